The molecule has 42 heavy (non-hydrogen) atoms. The summed E-state index contributed by atoms with van der Waals surface area (Å²) in [7, 11) is 1.57. The number of likely N-dealkylation sites (tertiary alicyclic amines) is 1. The second-order valence-electron chi connectivity index (χ2n) is 10.7. The highest BCUT2D eigenvalue weighted by Gasteiger charge is 2.38. The Hall–Kier alpha value is -4.53. The molecule has 220 valence electrons. The highest BCUT2D eigenvalue weighted by Crippen LogP contribution is 2.31. The Morgan fingerprint density at radius 3 is 2.64 bits per heavy atom. The van der Waals surface area contributed by atoms with E-state index in [2.05, 4.69) is 5.32 Å². The number of methoxy groups -OCH3 is 1. The van der Waals surface area contributed by atoms with Crippen LogP contribution in [0.3, 0.4) is 0 Å². The van der Waals surface area contributed by atoms with Crippen molar-refractivity contribution in [2.75, 3.05) is 46.5 Å². The van der Waals surface area contributed by atoms with Gasteiger partial charge in [-0.15, -0.1) is 0 Å². The van der Waals surface area contributed by atoms with Crippen molar-refractivity contribution in [1.82, 2.24) is 15.1 Å². The van der Waals surface area contributed by atoms with Gasteiger partial charge in [0.2, 0.25) is 5.91 Å². The average molecular weight is 572 g/mol. The van der Waals surface area contributed by atoms with E-state index in [1.807, 2.05) is 55.5 Å². The molecule has 3 aromatic rings. The molecular formula is C33H37N3O6. The SMILES string of the molecule is COc1cccc(C(=O)N2C[C@@H]3NC(=O)CN(C(=O)COc4ccccc4C)CCCCOc4cccc(c4)[C@H]3C2)c1. The quantitative estimate of drug-likeness (QED) is 0.501. The molecule has 5 rings (SSSR count). The highest BCUT2D eigenvalue weighted by atomic mass is 16.5. The van der Waals surface area contributed by atoms with Gasteiger partial charge in [-0.05, 0) is 67.3 Å². The van der Waals surface area contributed by atoms with Gasteiger partial charge in [-0.2, -0.15) is 0 Å². The number of nitrogens with zero attached hydrogens (tertiary/aromatic N) is 2. The molecule has 2 atom stereocenters. The van der Waals surface area contributed by atoms with Gasteiger partial charge in [-0.1, -0.05) is 36.4 Å². The Bertz CT molecular complexity index is 1430. The smallest absolute Gasteiger partial charge is 0.260 e. The van der Waals surface area contributed by atoms with E-state index >= 15 is 0 Å². The molecule has 1 fully saturated rings. The molecule has 2 aliphatic heterocycles. The molecule has 2 bridgehead atoms. The average Bonchev–Trinajstić information content (AvgIpc) is 3.42. The van der Waals surface area contributed by atoms with Gasteiger partial charge in [0.25, 0.3) is 11.8 Å². The minimum atomic E-state index is -0.342. The number of hydrogen-bond acceptors (Lipinski definition) is 6. The topological polar surface area (TPSA) is 97.4 Å². The van der Waals surface area contributed by atoms with Crippen LogP contribution < -0.4 is 19.5 Å². The summed E-state index contributed by atoms with van der Waals surface area (Å²) in [5.74, 6) is 1.18. The van der Waals surface area contributed by atoms with Crippen molar-refractivity contribution in [3.05, 3.63) is 89.5 Å². The fraction of sp³-hybridized carbons (Fsp3) is 0.364. The number of rotatable bonds is 5. The number of fused-ring (bicyclic) bond motifs is 4. The Labute approximate surface area is 246 Å². The van der Waals surface area contributed by atoms with Crippen molar-refractivity contribution in [3.8, 4) is 17.2 Å². The van der Waals surface area contributed by atoms with Gasteiger partial charge in [-0.3, -0.25) is 14.4 Å². The van der Waals surface area contributed by atoms with Crippen LogP contribution in [0.2, 0.25) is 0 Å². The third-order valence-electron chi connectivity index (χ3n) is 7.78. The van der Waals surface area contributed by atoms with Crippen molar-refractivity contribution >= 4 is 17.7 Å². The van der Waals surface area contributed by atoms with Gasteiger partial charge in [-0.25, -0.2) is 0 Å². The molecular weight excluding hydrogens is 534 g/mol. The number of nitrogens with one attached hydrogen (secondary N) is 1. The van der Waals surface area contributed by atoms with Gasteiger partial charge < -0.3 is 29.3 Å². The van der Waals surface area contributed by atoms with Gasteiger partial charge in [0.15, 0.2) is 6.61 Å². The van der Waals surface area contributed by atoms with Crippen molar-refractivity contribution in [2.45, 2.75) is 31.7 Å². The maximum Gasteiger partial charge on any atom is 0.260 e. The summed E-state index contributed by atoms with van der Waals surface area (Å²) in [5, 5.41) is 3.14. The number of aryl methyl sites for hydroxylation is 1. The lowest BCUT2D eigenvalue weighted by Gasteiger charge is -2.26. The summed E-state index contributed by atoms with van der Waals surface area (Å²) in [6.45, 7) is 3.33. The molecule has 3 aromatic carbocycles. The summed E-state index contributed by atoms with van der Waals surface area (Å²) >= 11 is 0. The lowest BCUT2D eigenvalue weighted by molar-refractivity contribution is -0.138. The molecule has 0 radical (unpaired) electrons. The number of carbonyl (C=O) groups excluding carboxylic acids is 3. The predicted octanol–water partition coefficient (Wildman–Crippen LogP) is 3.81. The van der Waals surface area contributed by atoms with Crippen molar-refractivity contribution in [2.24, 2.45) is 0 Å². The fourth-order valence-corrected chi connectivity index (χ4v) is 5.49. The van der Waals surface area contributed by atoms with Crippen LogP contribution in [0.4, 0.5) is 0 Å². The van der Waals surface area contributed by atoms with E-state index in [-0.39, 0.29) is 42.8 Å². The summed E-state index contributed by atoms with van der Waals surface area (Å²) in [6.07, 6.45) is 1.40. The highest BCUT2D eigenvalue weighted by molar-refractivity contribution is 5.95. The van der Waals surface area contributed by atoms with E-state index in [4.69, 9.17) is 14.2 Å². The number of para-hydroxylation sites is 1. The first kappa shape index (κ1) is 29.0. The first-order valence-corrected chi connectivity index (χ1v) is 14.3. The van der Waals surface area contributed by atoms with Crippen LogP contribution in [0.15, 0.2) is 72.8 Å². The first-order valence-electron chi connectivity index (χ1n) is 14.3. The zero-order valence-corrected chi connectivity index (χ0v) is 24.1. The Morgan fingerprint density at radius 1 is 0.976 bits per heavy atom. The zero-order chi connectivity index (χ0) is 29.5. The maximum atomic E-state index is 13.5. The summed E-state index contributed by atoms with van der Waals surface area (Å²) < 4.78 is 17.1. The van der Waals surface area contributed by atoms with Gasteiger partial charge in [0.05, 0.1) is 26.3 Å². The van der Waals surface area contributed by atoms with Crippen LogP contribution in [0, 0.1) is 6.92 Å². The lowest BCUT2D eigenvalue weighted by Crippen LogP contribution is -2.47. The first-order chi connectivity index (χ1) is 20.4. The molecule has 0 aromatic heterocycles. The molecule has 9 nitrogen and oxygen atoms in total. The predicted molar refractivity (Wildman–Crippen MR) is 158 cm³/mol. The number of hydrogen-bond donors (Lipinski definition) is 1. The van der Waals surface area contributed by atoms with Gasteiger partial charge in [0.1, 0.15) is 17.2 Å². The van der Waals surface area contributed by atoms with E-state index in [1.165, 1.54) is 0 Å². The molecule has 0 aliphatic carbocycles. The molecule has 0 unspecified atom stereocenters. The normalized spacial score (nSPS) is 19.1. The summed E-state index contributed by atoms with van der Waals surface area (Å²) in [6, 6.07) is 22.1. The molecule has 9 heteroatoms. The summed E-state index contributed by atoms with van der Waals surface area (Å²) in [5.41, 5.74) is 2.44. The number of amides is 3. The van der Waals surface area contributed by atoms with Crippen LogP contribution in [0.25, 0.3) is 0 Å². The largest absolute Gasteiger partial charge is 0.497 e. The lowest BCUT2D eigenvalue weighted by atomic mass is 9.94. The minimum Gasteiger partial charge on any atom is -0.497 e. The van der Waals surface area contributed by atoms with Crippen LogP contribution in [-0.2, 0) is 9.59 Å². The van der Waals surface area contributed by atoms with Crippen molar-refractivity contribution in [3.63, 3.8) is 0 Å². The van der Waals surface area contributed by atoms with Gasteiger partial charge >= 0.3 is 0 Å². The van der Waals surface area contributed by atoms with E-state index in [0.29, 0.717) is 49.7 Å². The molecule has 0 saturated carbocycles. The molecule has 1 saturated heterocycles. The Morgan fingerprint density at radius 2 is 1.81 bits per heavy atom. The minimum absolute atomic E-state index is 0.0933. The van der Waals surface area contributed by atoms with Crippen LogP contribution in [-0.4, -0.2) is 80.1 Å². The van der Waals surface area contributed by atoms with E-state index in [1.54, 1.807) is 41.2 Å². The standard InChI is InChI=1S/C33H37N3O6/c1-23-9-3-4-14-30(23)42-22-32(38)35-15-5-6-16-41-27-13-7-10-24(17-27)28-19-36(20-29(28)34-31(37)21-35)33(39)25-11-8-12-26(18-25)40-2/h3-4,7-14,17-18,28-29H,5-6,15-16,19-22H2,1-2H3,(H,34,37)/t28-,29+/m1/s1. The van der Waals surface area contributed by atoms with E-state index < -0.39 is 0 Å². The number of benzene rings is 3. The maximum absolute atomic E-state index is 13.5. The van der Waals surface area contributed by atoms with Crippen molar-refractivity contribution < 1.29 is 28.6 Å². The van der Waals surface area contributed by atoms with E-state index in [0.717, 1.165) is 23.3 Å². The fourth-order valence-electron chi connectivity index (χ4n) is 5.49. The monoisotopic (exact) mass is 571 g/mol. The van der Waals surface area contributed by atoms with Gasteiger partial charge in [0, 0.05) is 31.1 Å². The van der Waals surface area contributed by atoms with Crippen LogP contribution >= 0.6 is 0 Å². The number of carbonyl (C=O) groups is 3. The molecule has 3 amide bonds. The van der Waals surface area contributed by atoms with E-state index in [9.17, 15) is 14.4 Å². The molecule has 1 N–H and O–H groups in total. The van der Waals surface area contributed by atoms with Crippen molar-refractivity contribution in [1.29, 1.82) is 0 Å². The molecule has 2 heterocycles. The third kappa shape index (κ3) is 7.02. The Balaban J connectivity index is 1.34. The summed E-state index contributed by atoms with van der Waals surface area (Å²) in [4.78, 5) is 43.4. The third-order valence-corrected chi connectivity index (χ3v) is 7.78. The second-order valence-corrected chi connectivity index (χ2v) is 10.7. The van der Waals surface area contributed by atoms with Crippen LogP contribution in [0.5, 0.6) is 17.2 Å². The molecule has 2 aliphatic rings. The van der Waals surface area contributed by atoms with Crippen LogP contribution in [0.1, 0.15) is 40.2 Å². The second kappa shape index (κ2) is 13.4. The zero-order valence-electron chi connectivity index (χ0n) is 24.1. The number of ether oxygens (including phenoxy) is 3. The molecule has 0 spiro atoms. The Kier molecular flexibility index (Phi) is 9.26.